The molecule has 1 heterocycles. The van der Waals surface area contributed by atoms with Gasteiger partial charge < -0.3 is 36.0 Å². The number of carboxylic acids is 1. The second kappa shape index (κ2) is 34.0. The third-order valence-corrected chi connectivity index (χ3v) is 11.9. The van der Waals surface area contributed by atoms with Crippen LogP contribution in [-0.2, 0) is 33.5 Å². The highest BCUT2D eigenvalue weighted by Crippen LogP contribution is 2.29. The zero-order valence-electron chi connectivity index (χ0n) is 31.9. The highest BCUT2D eigenvalue weighted by molar-refractivity contribution is 8.82. The van der Waals surface area contributed by atoms with Crippen molar-refractivity contribution in [1.29, 1.82) is 0 Å². The van der Waals surface area contributed by atoms with Gasteiger partial charge in [0.1, 0.15) is 18.2 Å². The lowest BCUT2D eigenvalue weighted by atomic mass is 10.2. The predicted octanol–water partition coefficient (Wildman–Crippen LogP) is 4.45. The smallest absolute Gasteiger partial charge is 0.329 e. The van der Waals surface area contributed by atoms with Crippen molar-refractivity contribution in [2.24, 2.45) is 4.99 Å². The molecule has 0 radical (unpaired) electrons. The maximum Gasteiger partial charge on any atom is 0.329 e. The van der Waals surface area contributed by atoms with Crippen molar-refractivity contribution >= 4 is 83.7 Å². The molecule has 55 heavy (non-hydrogen) atoms. The molecule has 0 bridgehead atoms. The van der Waals surface area contributed by atoms with Crippen LogP contribution in [0.3, 0.4) is 0 Å². The van der Waals surface area contributed by atoms with Crippen molar-refractivity contribution in [2.75, 3.05) is 64.0 Å². The van der Waals surface area contributed by atoms with E-state index in [4.69, 9.17) is 9.84 Å². The number of nitrogens with one attached hydrogen (secondary N) is 4. The maximum absolute atomic E-state index is 12.7. The van der Waals surface area contributed by atoms with Crippen LogP contribution in [0.15, 0.2) is 46.7 Å². The summed E-state index contributed by atoms with van der Waals surface area (Å²) in [4.78, 5) is 82.1. The van der Waals surface area contributed by atoms with Gasteiger partial charge in [0.05, 0.1) is 5.04 Å². The summed E-state index contributed by atoms with van der Waals surface area (Å²) in [5.74, 6) is -0.622. The third kappa shape index (κ3) is 30.6. The normalized spacial score (nSPS) is 11.3. The Hall–Kier alpha value is -3.26. The molecule has 1 aromatic heterocycles. The second-order valence-corrected chi connectivity index (χ2v) is 16.9. The van der Waals surface area contributed by atoms with Crippen molar-refractivity contribution in [3.05, 3.63) is 36.7 Å². The molecule has 0 saturated carbocycles. The lowest BCUT2D eigenvalue weighted by Gasteiger charge is -2.23. The number of hydrogen-bond acceptors (Lipinski definition) is 13. The first-order valence-corrected chi connectivity index (χ1v) is 23.0. The molecule has 0 aliphatic heterocycles. The van der Waals surface area contributed by atoms with Crippen LogP contribution in [0.4, 0.5) is 0 Å². The molecule has 19 heteroatoms. The first-order valence-electron chi connectivity index (χ1n) is 18.4. The van der Waals surface area contributed by atoms with Crippen LogP contribution in [0.25, 0.3) is 0 Å². The Labute approximate surface area is 340 Å². The molecule has 308 valence electrons. The summed E-state index contributed by atoms with van der Waals surface area (Å²) in [5, 5.41) is 22.0. The van der Waals surface area contributed by atoms with E-state index in [1.165, 1.54) is 4.90 Å². The summed E-state index contributed by atoms with van der Waals surface area (Å²) in [5.41, 5.74) is 0. The Morgan fingerprint density at radius 1 is 0.764 bits per heavy atom. The first-order chi connectivity index (χ1) is 26.6. The SMILES string of the molecule is C/C=C\N=C(/C)SSCCC(=O)NCCCCCC(=O)NCCN(CCNC(=O)CCCCCNC(=O)CCSSc1ccccn1)C(=O)COCC(=O)O. The van der Waals surface area contributed by atoms with Crippen LogP contribution >= 0.6 is 43.2 Å². The summed E-state index contributed by atoms with van der Waals surface area (Å²) in [6.45, 7) is 4.56. The first kappa shape index (κ1) is 49.8. The number of carbonyl (C=O) groups excluding carboxylic acids is 5. The average molecular weight is 844 g/mol. The van der Waals surface area contributed by atoms with Crippen LogP contribution in [0, 0.1) is 0 Å². The number of nitrogens with zero attached hydrogens (tertiary/aromatic N) is 3. The molecule has 0 aromatic carbocycles. The summed E-state index contributed by atoms with van der Waals surface area (Å²) >= 11 is 0. The van der Waals surface area contributed by atoms with Gasteiger partial charge in [-0.2, -0.15) is 0 Å². The number of carbonyl (C=O) groups is 6. The van der Waals surface area contributed by atoms with Gasteiger partial charge in [0, 0.05) is 88.9 Å². The van der Waals surface area contributed by atoms with E-state index in [-0.39, 0.29) is 49.8 Å². The molecule has 0 aliphatic carbocycles. The number of amides is 5. The van der Waals surface area contributed by atoms with Crippen LogP contribution in [-0.4, -0.2) is 120 Å². The van der Waals surface area contributed by atoms with Crippen molar-refractivity contribution in [3.8, 4) is 0 Å². The summed E-state index contributed by atoms with van der Waals surface area (Å²) in [7, 11) is 6.25. The van der Waals surface area contributed by atoms with E-state index in [1.54, 1.807) is 55.6 Å². The van der Waals surface area contributed by atoms with E-state index >= 15 is 0 Å². The zero-order valence-corrected chi connectivity index (χ0v) is 35.2. The molecule has 0 saturated heterocycles. The Morgan fingerprint density at radius 3 is 1.87 bits per heavy atom. The van der Waals surface area contributed by atoms with Gasteiger partial charge in [-0.3, -0.25) is 29.0 Å². The lowest BCUT2D eigenvalue weighted by molar-refractivity contribution is -0.146. The fraction of sp³-hybridized carbons (Fsp3) is 0.611. The summed E-state index contributed by atoms with van der Waals surface area (Å²) in [6, 6.07) is 5.70. The van der Waals surface area contributed by atoms with Crippen LogP contribution in [0.2, 0.25) is 0 Å². The second-order valence-electron chi connectivity index (χ2n) is 11.9. The van der Waals surface area contributed by atoms with Gasteiger partial charge in [-0.15, -0.1) is 0 Å². The van der Waals surface area contributed by atoms with Crippen molar-refractivity contribution in [2.45, 2.75) is 83.1 Å². The molecule has 0 unspecified atom stereocenters. The maximum atomic E-state index is 12.7. The zero-order chi connectivity index (χ0) is 40.4. The molecule has 0 atom stereocenters. The van der Waals surface area contributed by atoms with E-state index in [0.717, 1.165) is 35.8 Å². The van der Waals surface area contributed by atoms with Crippen LogP contribution < -0.4 is 21.3 Å². The highest BCUT2D eigenvalue weighted by atomic mass is 33.1. The van der Waals surface area contributed by atoms with Gasteiger partial charge in [-0.25, -0.2) is 9.78 Å². The van der Waals surface area contributed by atoms with E-state index < -0.39 is 25.1 Å². The number of rotatable bonds is 32. The molecule has 1 aromatic rings. The van der Waals surface area contributed by atoms with Crippen molar-refractivity contribution in [1.82, 2.24) is 31.2 Å². The number of pyridine rings is 1. The minimum atomic E-state index is -1.19. The topological polar surface area (TPSA) is 208 Å². The van der Waals surface area contributed by atoms with Crippen LogP contribution in [0.1, 0.15) is 78.1 Å². The minimum Gasteiger partial charge on any atom is -0.480 e. The van der Waals surface area contributed by atoms with Crippen molar-refractivity contribution < 1.29 is 38.6 Å². The third-order valence-electron chi connectivity index (χ3n) is 7.21. The molecule has 0 fully saturated rings. The fourth-order valence-electron chi connectivity index (χ4n) is 4.42. The lowest BCUT2D eigenvalue weighted by Crippen LogP contribution is -2.44. The number of aliphatic carboxylic acids is 1. The average Bonchev–Trinajstić information content (AvgIpc) is 3.16. The number of carboxylic acid groups (broad SMARTS) is 1. The number of allylic oxidation sites excluding steroid dienone is 1. The van der Waals surface area contributed by atoms with Gasteiger partial charge >= 0.3 is 5.97 Å². The standard InChI is InChI=1S/C36H57N7O8S4/c1-3-17-37-29(2)54-52-25-15-32(46)38-18-9-4-6-12-30(44)40-21-23-43(35(48)27-51-28-36(49)50)24-22-41-31(45)13-7-5-10-19-39-33(47)16-26-53-55-34-14-8-11-20-42-34/h3,8,11,14,17,20H,4-7,9-10,12-13,15-16,18-19,21-28H2,1-2H3,(H,38,46)(H,39,47)(H,40,44)(H,41,45)(H,49,50)/b17-3-,37-29+. The molecular weight excluding hydrogens is 787 g/mol. The molecule has 5 N–H and O–H groups in total. The predicted molar refractivity (Wildman–Crippen MR) is 224 cm³/mol. The highest BCUT2D eigenvalue weighted by Gasteiger charge is 2.15. The van der Waals surface area contributed by atoms with E-state index in [0.29, 0.717) is 63.1 Å². The van der Waals surface area contributed by atoms with Gasteiger partial charge in [0.25, 0.3) is 0 Å². The number of unbranched alkanes of at least 4 members (excludes halogenated alkanes) is 4. The number of ether oxygens (including phenoxy) is 1. The van der Waals surface area contributed by atoms with E-state index in [2.05, 4.69) is 31.2 Å². The number of aliphatic imine (C=N–C) groups is 1. The summed E-state index contributed by atoms with van der Waals surface area (Å²) in [6.07, 6.45) is 11.1. The Morgan fingerprint density at radius 2 is 1.33 bits per heavy atom. The molecule has 0 spiro atoms. The Bertz CT molecular complexity index is 1340. The number of hydrogen-bond donors (Lipinski definition) is 5. The van der Waals surface area contributed by atoms with Gasteiger partial charge in [0.2, 0.25) is 29.5 Å². The Balaban J connectivity index is 2.20. The fourth-order valence-corrected chi connectivity index (χ4v) is 8.05. The molecule has 5 amide bonds. The van der Waals surface area contributed by atoms with E-state index in [9.17, 15) is 28.8 Å². The quantitative estimate of drug-likeness (QED) is 0.0295. The number of aromatic nitrogens is 1. The van der Waals surface area contributed by atoms with Gasteiger partial charge in [-0.05, 0) is 73.3 Å². The largest absolute Gasteiger partial charge is 0.480 e. The van der Waals surface area contributed by atoms with Gasteiger partial charge in [-0.1, -0.05) is 46.6 Å². The Kier molecular flexibility index (Phi) is 30.8. The van der Waals surface area contributed by atoms with Crippen molar-refractivity contribution in [3.63, 3.8) is 0 Å². The molecule has 0 aliphatic rings. The van der Waals surface area contributed by atoms with E-state index in [1.807, 2.05) is 38.1 Å². The van der Waals surface area contributed by atoms with Gasteiger partial charge in [0.15, 0.2) is 0 Å². The molecule has 15 nitrogen and oxygen atoms in total. The van der Waals surface area contributed by atoms with Crippen LogP contribution in [0.5, 0.6) is 0 Å². The monoisotopic (exact) mass is 843 g/mol. The molecule has 1 rings (SSSR count). The molecular formula is C36H57N7O8S4. The minimum absolute atomic E-state index is 0.00598. The summed E-state index contributed by atoms with van der Waals surface area (Å²) < 4.78 is 4.95.